The van der Waals surface area contributed by atoms with Crippen molar-refractivity contribution in [2.45, 2.75) is 0 Å². The second-order valence-electron chi connectivity index (χ2n) is 4.65. The number of anilines is 1. The van der Waals surface area contributed by atoms with Crippen LogP contribution < -0.4 is 10.7 Å². The van der Waals surface area contributed by atoms with Gasteiger partial charge in [0.25, 0.3) is 11.6 Å². The van der Waals surface area contributed by atoms with Crippen LogP contribution in [-0.2, 0) is 4.79 Å². The molecule has 2 aromatic rings. The molecule has 0 aliphatic heterocycles. The van der Waals surface area contributed by atoms with E-state index in [1.165, 1.54) is 24.3 Å². The van der Waals surface area contributed by atoms with E-state index in [0.29, 0.717) is 5.69 Å². The fraction of sp³-hybridized carbons (Fsp3) is 0.0667. The quantitative estimate of drug-likeness (QED) is 0.425. The van der Waals surface area contributed by atoms with E-state index in [0.717, 1.165) is 24.4 Å². The van der Waals surface area contributed by atoms with E-state index < -0.39 is 10.8 Å². The zero-order valence-electron chi connectivity index (χ0n) is 12.3. The molecule has 0 unspecified atom stereocenters. The van der Waals surface area contributed by atoms with Crippen LogP contribution in [0.5, 0.6) is 5.75 Å². The summed E-state index contributed by atoms with van der Waals surface area (Å²) in [6.45, 7) is -0.107. The van der Waals surface area contributed by atoms with Gasteiger partial charge in [0, 0.05) is 23.4 Å². The maximum Gasteiger partial charge on any atom is 0.270 e. The molecule has 0 saturated carbocycles. The highest BCUT2D eigenvalue weighted by atomic mass is 19.1. The number of rotatable bonds is 6. The Hall–Kier alpha value is -3.49. The van der Waals surface area contributed by atoms with Gasteiger partial charge in [0.1, 0.15) is 11.6 Å². The number of nitro groups is 1. The SMILES string of the molecule is O=C(CNc1ccc(F)cc1)N/N=C\c1cc([N+](=O)[O-])ccc1O. The lowest BCUT2D eigenvalue weighted by atomic mass is 10.2. The Morgan fingerprint density at radius 2 is 2.00 bits per heavy atom. The number of non-ortho nitro benzene ring substituents is 1. The largest absolute Gasteiger partial charge is 0.507 e. The number of nitrogens with one attached hydrogen (secondary N) is 2. The van der Waals surface area contributed by atoms with Gasteiger partial charge in [-0.3, -0.25) is 14.9 Å². The molecule has 1 amide bonds. The maximum absolute atomic E-state index is 12.7. The summed E-state index contributed by atoms with van der Waals surface area (Å²) < 4.78 is 12.7. The highest BCUT2D eigenvalue weighted by molar-refractivity contribution is 5.86. The number of aromatic hydroxyl groups is 1. The van der Waals surface area contributed by atoms with Crippen LogP contribution in [0.4, 0.5) is 15.8 Å². The number of benzene rings is 2. The highest BCUT2D eigenvalue weighted by Gasteiger charge is 2.08. The summed E-state index contributed by atoms with van der Waals surface area (Å²) in [7, 11) is 0. The number of amides is 1. The minimum Gasteiger partial charge on any atom is -0.507 e. The van der Waals surface area contributed by atoms with Crippen molar-refractivity contribution in [3.05, 3.63) is 64.0 Å². The summed E-state index contributed by atoms with van der Waals surface area (Å²) in [4.78, 5) is 21.7. The number of carbonyl (C=O) groups is 1. The molecule has 0 fully saturated rings. The van der Waals surface area contributed by atoms with Gasteiger partial charge in [0.05, 0.1) is 17.7 Å². The minimum absolute atomic E-state index is 0.0935. The lowest BCUT2D eigenvalue weighted by molar-refractivity contribution is -0.384. The molecule has 2 aromatic carbocycles. The standard InChI is InChI=1S/C15H13FN4O4/c16-11-1-3-12(4-2-11)17-9-15(22)19-18-8-10-7-13(20(23)24)5-6-14(10)21/h1-8,17,21H,9H2,(H,19,22)/b18-8-. The molecule has 0 radical (unpaired) electrons. The average molecular weight is 332 g/mol. The summed E-state index contributed by atoms with van der Waals surface area (Å²) in [5.41, 5.74) is 2.65. The van der Waals surface area contributed by atoms with Gasteiger partial charge in [-0.1, -0.05) is 0 Å². The third-order valence-electron chi connectivity index (χ3n) is 2.91. The van der Waals surface area contributed by atoms with Gasteiger partial charge in [-0.05, 0) is 30.3 Å². The zero-order valence-corrected chi connectivity index (χ0v) is 12.3. The van der Waals surface area contributed by atoms with Crippen molar-refractivity contribution in [1.82, 2.24) is 5.43 Å². The van der Waals surface area contributed by atoms with E-state index in [2.05, 4.69) is 15.8 Å². The number of phenolic OH excluding ortho intramolecular Hbond substituents is 1. The lowest BCUT2D eigenvalue weighted by Gasteiger charge is -2.05. The summed E-state index contributed by atoms with van der Waals surface area (Å²) in [5, 5.41) is 26.6. The Balaban J connectivity index is 1.89. The van der Waals surface area contributed by atoms with Crippen LogP contribution in [-0.4, -0.2) is 28.7 Å². The first kappa shape index (κ1) is 16.9. The van der Waals surface area contributed by atoms with Crippen molar-refractivity contribution in [2.75, 3.05) is 11.9 Å². The number of halogens is 1. The van der Waals surface area contributed by atoms with Crippen LogP contribution in [0.1, 0.15) is 5.56 Å². The van der Waals surface area contributed by atoms with Gasteiger partial charge < -0.3 is 10.4 Å². The van der Waals surface area contributed by atoms with Gasteiger partial charge in [0.2, 0.25) is 0 Å². The molecule has 124 valence electrons. The molecule has 0 heterocycles. The maximum atomic E-state index is 12.7. The number of hydrogen-bond donors (Lipinski definition) is 3. The number of phenols is 1. The molecule has 0 atom stereocenters. The highest BCUT2D eigenvalue weighted by Crippen LogP contribution is 2.21. The second-order valence-corrected chi connectivity index (χ2v) is 4.65. The first-order valence-electron chi connectivity index (χ1n) is 6.74. The Bertz CT molecular complexity index is 778. The summed E-state index contributed by atoms with van der Waals surface area (Å²) in [6, 6.07) is 8.91. The van der Waals surface area contributed by atoms with E-state index in [9.17, 15) is 24.4 Å². The molecule has 0 aliphatic rings. The fourth-order valence-corrected chi connectivity index (χ4v) is 1.72. The van der Waals surface area contributed by atoms with Crippen molar-refractivity contribution >= 4 is 23.5 Å². The van der Waals surface area contributed by atoms with Crippen molar-refractivity contribution in [1.29, 1.82) is 0 Å². The summed E-state index contributed by atoms with van der Waals surface area (Å²) in [6.07, 6.45) is 1.10. The first-order valence-corrected chi connectivity index (χ1v) is 6.74. The number of carbonyl (C=O) groups excluding carboxylic acids is 1. The van der Waals surface area contributed by atoms with Crippen LogP contribution in [0.25, 0.3) is 0 Å². The lowest BCUT2D eigenvalue weighted by Crippen LogP contribution is -2.25. The third-order valence-corrected chi connectivity index (χ3v) is 2.91. The van der Waals surface area contributed by atoms with Crippen molar-refractivity contribution in [3.63, 3.8) is 0 Å². The van der Waals surface area contributed by atoms with E-state index >= 15 is 0 Å². The molecule has 0 spiro atoms. The fourth-order valence-electron chi connectivity index (χ4n) is 1.72. The molecule has 0 saturated heterocycles. The van der Waals surface area contributed by atoms with Gasteiger partial charge >= 0.3 is 0 Å². The smallest absolute Gasteiger partial charge is 0.270 e. The number of hydrazone groups is 1. The monoisotopic (exact) mass is 332 g/mol. The van der Waals surface area contributed by atoms with Gasteiger partial charge in [-0.25, -0.2) is 9.82 Å². The van der Waals surface area contributed by atoms with Crippen LogP contribution >= 0.6 is 0 Å². The Kier molecular flexibility index (Phi) is 5.40. The molecule has 0 aromatic heterocycles. The predicted octanol–water partition coefficient (Wildman–Crippen LogP) is 2.00. The topological polar surface area (TPSA) is 117 Å². The summed E-state index contributed by atoms with van der Waals surface area (Å²) in [5.74, 6) is -1.07. The molecular formula is C15H13FN4O4. The molecule has 0 aliphatic carbocycles. The Morgan fingerprint density at radius 1 is 1.29 bits per heavy atom. The molecule has 8 nitrogen and oxygen atoms in total. The zero-order chi connectivity index (χ0) is 17.5. The third kappa shape index (κ3) is 4.77. The Morgan fingerprint density at radius 3 is 2.67 bits per heavy atom. The van der Waals surface area contributed by atoms with Gasteiger partial charge in [0.15, 0.2) is 0 Å². The van der Waals surface area contributed by atoms with Crippen LogP contribution in [0.3, 0.4) is 0 Å². The van der Waals surface area contributed by atoms with Gasteiger partial charge in [-0.2, -0.15) is 5.10 Å². The predicted molar refractivity (Wildman–Crippen MR) is 85.4 cm³/mol. The van der Waals surface area contributed by atoms with E-state index in [1.54, 1.807) is 0 Å². The van der Waals surface area contributed by atoms with Crippen LogP contribution in [0, 0.1) is 15.9 Å². The average Bonchev–Trinajstić information content (AvgIpc) is 2.56. The van der Waals surface area contributed by atoms with E-state index in [1.807, 2.05) is 0 Å². The number of nitro benzene ring substituents is 1. The molecule has 24 heavy (non-hydrogen) atoms. The Labute approximate surface area is 135 Å². The van der Waals surface area contributed by atoms with Crippen LogP contribution in [0.15, 0.2) is 47.6 Å². The van der Waals surface area contributed by atoms with Crippen molar-refractivity contribution < 1.29 is 19.2 Å². The summed E-state index contributed by atoms with van der Waals surface area (Å²) >= 11 is 0. The minimum atomic E-state index is -0.609. The first-order chi connectivity index (χ1) is 11.5. The number of hydrogen-bond acceptors (Lipinski definition) is 6. The van der Waals surface area contributed by atoms with Gasteiger partial charge in [-0.15, -0.1) is 0 Å². The normalized spacial score (nSPS) is 10.5. The molecule has 3 N–H and O–H groups in total. The molecule has 9 heteroatoms. The second kappa shape index (κ2) is 7.68. The van der Waals surface area contributed by atoms with Crippen molar-refractivity contribution in [3.8, 4) is 5.75 Å². The van der Waals surface area contributed by atoms with Crippen molar-refractivity contribution in [2.24, 2.45) is 5.10 Å². The van der Waals surface area contributed by atoms with E-state index in [4.69, 9.17) is 0 Å². The molecule has 0 bridgehead atoms. The van der Waals surface area contributed by atoms with Crippen LogP contribution in [0.2, 0.25) is 0 Å². The van der Waals surface area contributed by atoms with E-state index in [-0.39, 0.29) is 29.4 Å². The number of nitrogens with zero attached hydrogens (tertiary/aromatic N) is 2. The molecule has 2 rings (SSSR count). The molecular weight excluding hydrogens is 319 g/mol.